The van der Waals surface area contributed by atoms with Gasteiger partial charge in [-0.1, -0.05) is 35.5 Å². The Labute approximate surface area is 158 Å². The van der Waals surface area contributed by atoms with Crippen molar-refractivity contribution in [1.82, 2.24) is 18.7 Å². The highest BCUT2D eigenvalue weighted by atomic mass is 35.5. The molecule has 0 radical (unpaired) electrons. The minimum absolute atomic E-state index is 0.333. The van der Waals surface area contributed by atoms with Gasteiger partial charge in [0.2, 0.25) is 0 Å². The molecule has 0 unspecified atom stereocenters. The summed E-state index contributed by atoms with van der Waals surface area (Å²) in [6.07, 6.45) is -0.518. The molecule has 3 aromatic rings. The van der Waals surface area contributed by atoms with E-state index in [0.717, 1.165) is 10.1 Å². The lowest BCUT2D eigenvalue weighted by molar-refractivity contribution is 0.220. The number of benzene rings is 1. The number of imidazole rings is 1. The first-order valence-electron chi connectivity index (χ1n) is 8.01. The Balaban J connectivity index is 2.22. The lowest BCUT2D eigenvalue weighted by Crippen LogP contribution is -2.37. The highest BCUT2D eigenvalue weighted by molar-refractivity contribution is 7.99. The van der Waals surface area contributed by atoms with Gasteiger partial charge in [-0.25, -0.2) is 9.78 Å². The van der Waals surface area contributed by atoms with Crippen LogP contribution >= 0.6 is 23.4 Å². The number of thioether (sulfide) groups is 1. The molecule has 0 bridgehead atoms. The summed E-state index contributed by atoms with van der Waals surface area (Å²) in [6, 6.07) is 7.33. The molecule has 0 aliphatic carbocycles. The molecule has 9 heteroatoms. The van der Waals surface area contributed by atoms with Gasteiger partial charge < -0.3 is 9.67 Å². The number of aromatic nitrogens is 4. The van der Waals surface area contributed by atoms with Crippen molar-refractivity contribution in [3.8, 4) is 0 Å². The molecular weight excluding hydrogens is 376 g/mol. The Morgan fingerprint density at radius 1 is 1.19 bits per heavy atom. The van der Waals surface area contributed by atoms with Crippen molar-refractivity contribution in [1.29, 1.82) is 0 Å². The molecule has 0 spiro atoms. The number of fused-ring (bicyclic) bond motifs is 1. The lowest BCUT2D eigenvalue weighted by Gasteiger charge is -2.10. The van der Waals surface area contributed by atoms with Crippen molar-refractivity contribution >= 4 is 34.5 Å². The maximum absolute atomic E-state index is 12.7. The smallest absolute Gasteiger partial charge is 0.332 e. The van der Waals surface area contributed by atoms with E-state index in [1.54, 1.807) is 30.7 Å². The van der Waals surface area contributed by atoms with E-state index in [-0.39, 0.29) is 0 Å². The molecule has 2 aromatic heterocycles. The van der Waals surface area contributed by atoms with Crippen LogP contribution < -0.4 is 11.2 Å². The molecule has 0 saturated carbocycles. The molecule has 0 amide bonds. The predicted octanol–water partition coefficient (Wildman–Crippen LogP) is 1.61. The van der Waals surface area contributed by atoms with Gasteiger partial charge in [0, 0.05) is 24.9 Å². The molecule has 1 aromatic carbocycles. The third kappa shape index (κ3) is 3.44. The number of hydrogen-bond acceptors (Lipinski definition) is 5. The van der Waals surface area contributed by atoms with Crippen molar-refractivity contribution in [2.75, 3.05) is 5.75 Å². The van der Waals surface area contributed by atoms with Crippen LogP contribution in [0, 0.1) is 0 Å². The average Bonchev–Trinajstić information content (AvgIpc) is 2.96. The Kier molecular flexibility index (Phi) is 5.27. The number of rotatable bonds is 5. The van der Waals surface area contributed by atoms with Gasteiger partial charge in [-0.3, -0.25) is 13.9 Å². The maximum Gasteiger partial charge on any atom is 0.332 e. The van der Waals surface area contributed by atoms with Gasteiger partial charge in [-0.05, 0) is 24.6 Å². The van der Waals surface area contributed by atoms with E-state index in [2.05, 4.69) is 4.98 Å². The zero-order valence-corrected chi connectivity index (χ0v) is 16.2. The fourth-order valence-electron chi connectivity index (χ4n) is 2.65. The zero-order chi connectivity index (χ0) is 19.0. The topological polar surface area (TPSA) is 82.1 Å². The van der Waals surface area contributed by atoms with Crippen LogP contribution in [0.4, 0.5) is 0 Å². The molecule has 26 heavy (non-hydrogen) atoms. The summed E-state index contributed by atoms with van der Waals surface area (Å²) in [5.74, 6) is 0.429. The quantitative estimate of drug-likeness (QED) is 0.665. The molecule has 0 fully saturated rings. The Morgan fingerprint density at radius 3 is 2.46 bits per heavy atom. The van der Waals surface area contributed by atoms with Gasteiger partial charge in [-0.15, -0.1) is 0 Å². The van der Waals surface area contributed by atoms with Gasteiger partial charge in [0.1, 0.15) is 0 Å². The van der Waals surface area contributed by atoms with Crippen LogP contribution in [0.1, 0.15) is 12.5 Å². The minimum atomic E-state index is -0.518. The first-order valence-corrected chi connectivity index (χ1v) is 9.37. The zero-order valence-electron chi connectivity index (χ0n) is 14.6. The van der Waals surface area contributed by atoms with Crippen molar-refractivity contribution in [2.24, 2.45) is 14.1 Å². The largest absolute Gasteiger partial charge is 0.393 e. The molecule has 0 aliphatic heterocycles. The highest BCUT2D eigenvalue weighted by Crippen LogP contribution is 2.24. The molecule has 0 saturated heterocycles. The highest BCUT2D eigenvalue weighted by Gasteiger charge is 2.20. The van der Waals surface area contributed by atoms with Gasteiger partial charge >= 0.3 is 5.69 Å². The third-order valence-corrected chi connectivity index (χ3v) is 5.49. The fourth-order valence-corrected chi connectivity index (χ4v) is 3.63. The SMILES string of the molecule is C[C@@H](O)CSc1nc2c(c(=O)n(C)c(=O)n2C)n1Cc1ccc(Cl)cc1. The second-order valence-electron chi connectivity index (χ2n) is 6.14. The molecule has 138 valence electrons. The van der Waals surface area contributed by atoms with E-state index in [4.69, 9.17) is 11.6 Å². The van der Waals surface area contributed by atoms with Gasteiger partial charge in [0.15, 0.2) is 16.3 Å². The molecule has 0 aliphatic rings. The first kappa shape index (κ1) is 18.8. The van der Waals surface area contributed by atoms with E-state index in [1.807, 2.05) is 12.1 Å². The van der Waals surface area contributed by atoms with Crippen molar-refractivity contribution in [2.45, 2.75) is 24.7 Å². The Bertz CT molecular complexity index is 1070. The maximum atomic E-state index is 12.7. The number of halogens is 1. The summed E-state index contributed by atoms with van der Waals surface area (Å²) in [5, 5.41) is 10.8. The minimum Gasteiger partial charge on any atom is -0.393 e. The van der Waals surface area contributed by atoms with Crippen LogP contribution in [0.5, 0.6) is 0 Å². The number of aliphatic hydroxyl groups is 1. The second-order valence-corrected chi connectivity index (χ2v) is 7.57. The number of aliphatic hydroxyl groups excluding tert-OH is 1. The average molecular weight is 395 g/mol. The van der Waals surface area contributed by atoms with Crippen molar-refractivity contribution in [3.05, 3.63) is 55.7 Å². The normalized spacial score (nSPS) is 12.7. The van der Waals surface area contributed by atoms with Gasteiger partial charge in [0.25, 0.3) is 5.56 Å². The monoisotopic (exact) mass is 394 g/mol. The second kappa shape index (κ2) is 7.30. The standard InChI is InChI=1S/C17H19ClN4O3S/c1-10(23)9-26-16-19-14-13(15(24)21(3)17(25)20(14)2)22(16)8-11-4-6-12(18)7-5-11/h4-7,10,23H,8-9H2,1-3H3/t10-/m1/s1. The Hall–Kier alpha value is -2.03. The van der Waals surface area contributed by atoms with Crippen LogP contribution in [0.15, 0.2) is 39.0 Å². The first-order chi connectivity index (χ1) is 12.3. The summed E-state index contributed by atoms with van der Waals surface area (Å²) in [7, 11) is 3.04. The summed E-state index contributed by atoms with van der Waals surface area (Å²) < 4.78 is 4.22. The predicted molar refractivity (Wildman–Crippen MR) is 103 cm³/mol. The molecule has 1 N–H and O–H groups in total. The van der Waals surface area contributed by atoms with Crippen molar-refractivity contribution < 1.29 is 5.11 Å². The molecule has 1 atom stereocenters. The van der Waals surface area contributed by atoms with Crippen molar-refractivity contribution in [3.63, 3.8) is 0 Å². The summed E-state index contributed by atoms with van der Waals surface area (Å²) in [5.41, 5.74) is 0.820. The number of hydrogen-bond donors (Lipinski definition) is 1. The van der Waals surface area contributed by atoms with Crippen LogP contribution in [0.25, 0.3) is 11.2 Å². The van der Waals surface area contributed by atoms with Crippen LogP contribution in [0.3, 0.4) is 0 Å². The molecule has 7 nitrogen and oxygen atoms in total. The van der Waals surface area contributed by atoms with Crippen LogP contribution in [0.2, 0.25) is 5.02 Å². The summed E-state index contributed by atoms with van der Waals surface area (Å²) in [6.45, 7) is 2.09. The van der Waals surface area contributed by atoms with Crippen LogP contribution in [-0.4, -0.2) is 35.6 Å². The number of nitrogens with zero attached hydrogens (tertiary/aromatic N) is 4. The summed E-state index contributed by atoms with van der Waals surface area (Å²) in [4.78, 5) is 29.4. The Morgan fingerprint density at radius 2 is 1.85 bits per heavy atom. The molecule has 3 rings (SSSR count). The van der Waals surface area contributed by atoms with E-state index in [1.165, 1.54) is 23.4 Å². The third-order valence-electron chi connectivity index (χ3n) is 4.02. The van der Waals surface area contributed by atoms with E-state index < -0.39 is 17.4 Å². The lowest BCUT2D eigenvalue weighted by atomic mass is 10.2. The van der Waals surface area contributed by atoms with E-state index in [0.29, 0.717) is 33.6 Å². The van der Waals surface area contributed by atoms with Crippen LogP contribution in [-0.2, 0) is 20.6 Å². The fraction of sp³-hybridized carbons (Fsp3) is 0.353. The summed E-state index contributed by atoms with van der Waals surface area (Å²) >= 11 is 7.29. The van der Waals surface area contributed by atoms with Gasteiger partial charge in [0.05, 0.1) is 12.6 Å². The molecular formula is C17H19ClN4O3S. The van der Waals surface area contributed by atoms with E-state index in [9.17, 15) is 14.7 Å². The molecule has 2 heterocycles. The van der Waals surface area contributed by atoms with Gasteiger partial charge in [-0.2, -0.15) is 0 Å². The van der Waals surface area contributed by atoms with E-state index >= 15 is 0 Å². The number of aryl methyl sites for hydroxylation is 1.